The number of aliphatic hydroxyl groups is 1. The largest absolute Gasteiger partial charge is 0.378 e. The molecule has 2 unspecified atom stereocenters. The minimum absolute atomic E-state index is 0.240. The van der Waals surface area contributed by atoms with Crippen LogP contribution in [0.4, 0.5) is 0 Å². The van der Waals surface area contributed by atoms with E-state index < -0.39 is 12.0 Å². The fourth-order valence-corrected chi connectivity index (χ4v) is 2.62. The van der Waals surface area contributed by atoms with Gasteiger partial charge in [0.1, 0.15) is 0 Å². The zero-order chi connectivity index (χ0) is 17.6. The maximum atomic E-state index is 12.2. The number of carbonyl (C=O) groups is 1. The molecular weight excluding hydrogens is 314 g/mol. The van der Waals surface area contributed by atoms with Gasteiger partial charge in [0.2, 0.25) is 0 Å². The normalized spacial score (nSPS) is 13.2. The second-order valence-electron chi connectivity index (χ2n) is 6.00. The van der Waals surface area contributed by atoms with Crippen LogP contribution in [0.5, 0.6) is 0 Å². The first-order valence-electron chi connectivity index (χ1n) is 8.23. The van der Waals surface area contributed by atoms with Gasteiger partial charge in [-0.15, -0.1) is 0 Å². The first kappa shape index (κ1) is 16.9. The lowest BCUT2D eigenvalue weighted by atomic mass is 10.1. The number of hydrogen-bond acceptors (Lipinski definition) is 3. The van der Waals surface area contributed by atoms with Gasteiger partial charge in [0.05, 0.1) is 18.8 Å². The predicted octanol–water partition coefficient (Wildman–Crippen LogP) is 2.84. The topological polar surface area (TPSA) is 67.2 Å². The highest BCUT2D eigenvalue weighted by molar-refractivity contribution is 5.82. The Morgan fingerprint density at radius 1 is 1.08 bits per heavy atom. The number of nitrogens with one attached hydrogen (secondary N) is 1. The van der Waals surface area contributed by atoms with Gasteiger partial charge >= 0.3 is 0 Å². The van der Waals surface area contributed by atoms with Crippen LogP contribution < -0.4 is 5.32 Å². The van der Waals surface area contributed by atoms with E-state index in [0.717, 1.165) is 11.1 Å². The maximum Gasteiger partial charge on any atom is 0.253 e. The van der Waals surface area contributed by atoms with E-state index in [0.29, 0.717) is 12.1 Å². The summed E-state index contributed by atoms with van der Waals surface area (Å²) in [5.74, 6) is -0.422. The summed E-state index contributed by atoms with van der Waals surface area (Å²) in [5, 5.41) is 17.3. The summed E-state index contributed by atoms with van der Waals surface area (Å²) in [6.07, 6.45) is 2.47. The van der Waals surface area contributed by atoms with Gasteiger partial charge in [0.15, 0.2) is 6.10 Å². The molecule has 25 heavy (non-hydrogen) atoms. The molecule has 1 aromatic heterocycles. The molecule has 0 aliphatic heterocycles. The number of hydrogen-bond donors (Lipinski definition) is 2. The molecule has 2 atom stereocenters. The molecule has 0 radical (unpaired) electrons. The molecule has 0 fully saturated rings. The summed E-state index contributed by atoms with van der Waals surface area (Å²) in [4.78, 5) is 12.2. The van der Waals surface area contributed by atoms with Crippen LogP contribution in [0.1, 0.15) is 35.8 Å². The van der Waals surface area contributed by atoms with Crippen LogP contribution in [0.2, 0.25) is 0 Å². The summed E-state index contributed by atoms with van der Waals surface area (Å²) in [5.41, 5.74) is 2.63. The lowest BCUT2D eigenvalue weighted by molar-refractivity contribution is -0.130. The first-order valence-corrected chi connectivity index (χ1v) is 8.23. The minimum Gasteiger partial charge on any atom is -0.378 e. The fourth-order valence-electron chi connectivity index (χ4n) is 2.62. The molecule has 1 heterocycles. The van der Waals surface area contributed by atoms with Crippen LogP contribution in [-0.2, 0) is 11.3 Å². The van der Waals surface area contributed by atoms with E-state index in [9.17, 15) is 9.90 Å². The van der Waals surface area contributed by atoms with Gasteiger partial charge in [-0.1, -0.05) is 60.7 Å². The number of amides is 1. The second-order valence-corrected chi connectivity index (χ2v) is 6.00. The molecule has 2 aromatic carbocycles. The Morgan fingerprint density at radius 2 is 1.72 bits per heavy atom. The molecule has 3 aromatic rings. The monoisotopic (exact) mass is 335 g/mol. The number of benzene rings is 2. The SMILES string of the molecule is CC(NC(=O)C(O)c1ccccc1)c1cnn(Cc2ccccc2)c1. The molecule has 0 saturated carbocycles. The standard InChI is InChI=1S/C20H21N3O2/c1-15(22-20(25)19(24)17-10-6-3-7-11-17)18-12-21-23(14-18)13-16-8-4-2-5-9-16/h2-12,14-15,19,24H,13H2,1H3,(H,22,25). The molecule has 0 bridgehead atoms. The van der Waals surface area contributed by atoms with Crippen LogP contribution in [-0.4, -0.2) is 20.8 Å². The molecule has 1 amide bonds. The molecule has 128 valence electrons. The molecule has 0 saturated heterocycles. The van der Waals surface area contributed by atoms with E-state index in [1.54, 1.807) is 30.5 Å². The highest BCUT2D eigenvalue weighted by Gasteiger charge is 2.20. The van der Waals surface area contributed by atoms with Gasteiger partial charge in [0, 0.05) is 11.8 Å². The van der Waals surface area contributed by atoms with Crippen LogP contribution in [0.25, 0.3) is 0 Å². The van der Waals surface area contributed by atoms with Crippen molar-refractivity contribution < 1.29 is 9.90 Å². The quantitative estimate of drug-likeness (QED) is 0.728. The molecule has 0 spiro atoms. The third-order valence-electron chi connectivity index (χ3n) is 4.06. The van der Waals surface area contributed by atoms with E-state index >= 15 is 0 Å². The van der Waals surface area contributed by atoms with Crippen molar-refractivity contribution in [3.05, 3.63) is 89.7 Å². The Kier molecular flexibility index (Phi) is 5.26. The lowest BCUT2D eigenvalue weighted by Crippen LogP contribution is -2.31. The molecule has 2 N–H and O–H groups in total. The number of aromatic nitrogens is 2. The summed E-state index contributed by atoms with van der Waals surface area (Å²) in [7, 11) is 0. The number of nitrogens with zero attached hydrogens (tertiary/aromatic N) is 2. The molecule has 5 heteroatoms. The highest BCUT2D eigenvalue weighted by atomic mass is 16.3. The summed E-state index contributed by atoms with van der Waals surface area (Å²) in [6.45, 7) is 2.55. The van der Waals surface area contributed by atoms with Gasteiger partial charge in [-0.2, -0.15) is 5.10 Å². The van der Waals surface area contributed by atoms with Crippen LogP contribution in [0.3, 0.4) is 0 Å². The van der Waals surface area contributed by atoms with E-state index in [-0.39, 0.29) is 6.04 Å². The van der Waals surface area contributed by atoms with Crippen molar-refractivity contribution >= 4 is 5.91 Å². The second kappa shape index (κ2) is 7.77. The maximum absolute atomic E-state index is 12.2. The summed E-state index contributed by atoms with van der Waals surface area (Å²) in [6, 6.07) is 18.7. The van der Waals surface area contributed by atoms with Gasteiger partial charge < -0.3 is 10.4 Å². The van der Waals surface area contributed by atoms with Crippen LogP contribution >= 0.6 is 0 Å². The number of carbonyl (C=O) groups excluding carboxylic acids is 1. The fraction of sp³-hybridized carbons (Fsp3) is 0.200. The minimum atomic E-state index is -1.18. The van der Waals surface area contributed by atoms with Crippen molar-refractivity contribution in [2.45, 2.75) is 25.6 Å². The van der Waals surface area contributed by atoms with E-state index in [1.165, 1.54) is 0 Å². The molecule has 5 nitrogen and oxygen atoms in total. The van der Waals surface area contributed by atoms with Gasteiger partial charge in [-0.3, -0.25) is 9.48 Å². The lowest BCUT2D eigenvalue weighted by Gasteiger charge is -2.16. The summed E-state index contributed by atoms with van der Waals surface area (Å²) >= 11 is 0. The molecule has 0 aliphatic carbocycles. The van der Waals surface area contributed by atoms with Crippen molar-refractivity contribution in [3.63, 3.8) is 0 Å². The zero-order valence-electron chi connectivity index (χ0n) is 14.0. The van der Waals surface area contributed by atoms with Crippen LogP contribution in [0, 0.1) is 0 Å². The highest BCUT2D eigenvalue weighted by Crippen LogP contribution is 2.16. The van der Waals surface area contributed by atoms with E-state index in [2.05, 4.69) is 10.4 Å². The Labute approximate surface area is 146 Å². The van der Waals surface area contributed by atoms with E-state index in [4.69, 9.17) is 0 Å². The van der Waals surface area contributed by atoms with Gasteiger partial charge in [-0.25, -0.2) is 0 Å². The van der Waals surface area contributed by atoms with Crippen molar-refractivity contribution in [3.8, 4) is 0 Å². The zero-order valence-corrected chi connectivity index (χ0v) is 14.0. The van der Waals surface area contributed by atoms with Gasteiger partial charge in [-0.05, 0) is 18.1 Å². The number of rotatable bonds is 6. The van der Waals surface area contributed by atoms with E-state index in [1.807, 2.05) is 54.2 Å². The predicted molar refractivity (Wildman–Crippen MR) is 95.7 cm³/mol. The Hall–Kier alpha value is -2.92. The molecule has 3 rings (SSSR count). The smallest absolute Gasteiger partial charge is 0.253 e. The van der Waals surface area contributed by atoms with Crippen molar-refractivity contribution in [2.75, 3.05) is 0 Å². The van der Waals surface area contributed by atoms with Crippen molar-refractivity contribution in [1.82, 2.24) is 15.1 Å². The van der Waals surface area contributed by atoms with Crippen molar-refractivity contribution in [1.29, 1.82) is 0 Å². The van der Waals surface area contributed by atoms with Crippen LogP contribution in [0.15, 0.2) is 73.1 Å². The average Bonchev–Trinajstić information content (AvgIpc) is 3.11. The third-order valence-corrected chi connectivity index (χ3v) is 4.06. The summed E-state index contributed by atoms with van der Waals surface area (Å²) < 4.78 is 1.83. The molecule has 0 aliphatic rings. The molecular formula is C20H21N3O2. The third kappa shape index (κ3) is 4.33. The first-order chi connectivity index (χ1) is 12.1. The van der Waals surface area contributed by atoms with Gasteiger partial charge in [0.25, 0.3) is 5.91 Å². The Balaban J connectivity index is 1.61. The Morgan fingerprint density at radius 3 is 2.40 bits per heavy atom. The number of aliphatic hydroxyl groups excluding tert-OH is 1. The Bertz CT molecular complexity index is 815. The average molecular weight is 335 g/mol. The van der Waals surface area contributed by atoms with Crippen molar-refractivity contribution in [2.24, 2.45) is 0 Å².